The summed E-state index contributed by atoms with van der Waals surface area (Å²) in [6, 6.07) is 6.43. The molecule has 0 unspecified atom stereocenters. The first-order chi connectivity index (χ1) is 21.5. The van der Waals surface area contributed by atoms with Gasteiger partial charge in [0.2, 0.25) is 0 Å². The monoisotopic (exact) mass is 642 g/mol. The van der Waals surface area contributed by atoms with E-state index in [1.54, 1.807) is 0 Å². The molecule has 0 N–H and O–H groups in total. The van der Waals surface area contributed by atoms with Crippen LogP contribution in [0, 0.1) is 40.8 Å². The number of hydrogen-bond donors (Lipinski definition) is 0. The molecule has 3 aromatic rings. The van der Waals surface area contributed by atoms with Gasteiger partial charge in [0.05, 0.1) is 13.2 Å². The van der Waals surface area contributed by atoms with Crippen molar-refractivity contribution in [3.63, 3.8) is 0 Å². The second kappa shape index (κ2) is 14.1. The van der Waals surface area contributed by atoms with E-state index in [-0.39, 0.29) is 28.9 Å². The highest BCUT2D eigenvalue weighted by Gasteiger charge is 2.42. The van der Waals surface area contributed by atoms with Gasteiger partial charge < -0.3 is 14.2 Å². The minimum Gasteiger partial charge on any atom is -0.429 e. The van der Waals surface area contributed by atoms with E-state index in [9.17, 15) is 22.0 Å². The van der Waals surface area contributed by atoms with Crippen LogP contribution in [0.15, 0.2) is 42.5 Å². The Morgan fingerprint density at radius 3 is 1.87 bits per heavy atom. The Labute approximate surface area is 256 Å². The van der Waals surface area contributed by atoms with Crippen LogP contribution in [0.5, 0.6) is 5.75 Å². The highest BCUT2D eigenvalue weighted by atomic mass is 19.3. The number of ether oxygens (including phenoxy) is 3. The molecule has 1 saturated heterocycles. The van der Waals surface area contributed by atoms with Crippen LogP contribution in [-0.4, -0.2) is 13.2 Å². The lowest BCUT2D eigenvalue weighted by Gasteiger charge is -2.30. The van der Waals surface area contributed by atoms with Crippen LogP contribution in [0.2, 0.25) is 0 Å². The van der Waals surface area contributed by atoms with Gasteiger partial charge in [0, 0.05) is 17.5 Å². The summed E-state index contributed by atoms with van der Waals surface area (Å²) >= 11 is 0. The quantitative estimate of drug-likeness (QED) is 0.125. The molecule has 45 heavy (non-hydrogen) atoms. The van der Waals surface area contributed by atoms with E-state index in [2.05, 4.69) is 11.7 Å². The molecule has 0 aromatic heterocycles. The predicted octanol–water partition coefficient (Wildman–Crippen LogP) is 10.3. The molecule has 0 atom stereocenters. The standard InChI is InChI=1S/C34H34F8O3/c1-2-3-4-5-19-17-43-33(44-18-19)23-14-27(36)31(28(37)15-23)34(41,42)45-24-10-11-25(26(35)16-24)21-8-6-20(7-9-21)22-12-29(38)32(40)30(39)13-22/h10-16,19-21,33H,2-9,17-18H2,1H3. The summed E-state index contributed by atoms with van der Waals surface area (Å²) in [5.41, 5.74) is -1.18. The zero-order chi connectivity index (χ0) is 32.3. The van der Waals surface area contributed by atoms with Crippen molar-refractivity contribution in [2.75, 3.05) is 13.2 Å². The van der Waals surface area contributed by atoms with Gasteiger partial charge in [0.15, 0.2) is 23.7 Å². The van der Waals surface area contributed by atoms with Crippen LogP contribution < -0.4 is 4.74 Å². The van der Waals surface area contributed by atoms with Gasteiger partial charge in [-0.25, -0.2) is 26.3 Å². The van der Waals surface area contributed by atoms with Gasteiger partial charge in [-0.3, -0.25) is 0 Å². The fraction of sp³-hybridized carbons (Fsp3) is 0.471. The van der Waals surface area contributed by atoms with Crippen molar-refractivity contribution in [2.45, 2.75) is 82.5 Å². The normalized spacial score (nSPS) is 22.4. The van der Waals surface area contributed by atoms with Crippen molar-refractivity contribution in [1.29, 1.82) is 0 Å². The summed E-state index contributed by atoms with van der Waals surface area (Å²) in [7, 11) is 0. The summed E-state index contributed by atoms with van der Waals surface area (Å²) in [6.07, 6.45) is 0.179. The predicted molar refractivity (Wildman–Crippen MR) is 150 cm³/mol. The SMILES string of the molecule is CCCCCC1COC(c2cc(F)c(C(F)(F)Oc3ccc(C4CCC(c5cc(F)c(F)c(F)c5)CC4)c(F)c3)c(F)c2)OC1. The van der Waals surface area contributed by atoms with Gasteiger partial charge in [0.1, 0.15) is 28.8 Å². The maximum Gasteiger partial charge on any atom is 0.432 e. The molecule has 0 bridgehead atoms. The number of unbranched alkanes of at least 4 members (excludes halogenated alkanes) is 2. The van der Waals surface area contributed by atoms with E-state index in [0.717, 1.165) is 49.9 Å². The molecule has 0 spiro atoms. The van der Waals surface area contributed by atoms with Crippen molar-refractivity contribution in [3.8, 4) is 5.75 Å². The summed E-state index contributed by atoms with van der Waals surface area (Å²) < 4.78 is 131. The van der Waals surface area contributed by atoms with E-state index in [1.165, 1.54) is 6.07 Å². The maximum atomic E-state index is 15.1. The molecule has 3 aromatic carbocycles. The third-order valence-corrected chi connectivity index (χ3v) is 8.67. The average Bonchev–Trinajstić information content (AvgIpc) is 2.99. The van der Waals surface area contributed by atoms with E-state index in [1.807, 2.05) is 0 Å². The lowest BCUT2D eigenvalue weighted by molar-refractivity contribution is -0.206. The van der Waals surface area contributed by atoms with Crippen molar-refractivity contribution >= 4 is 0 Å². The summed E-state index contributed by atoms with van der Waals surface area (Å²) in [6.45, 7) is 2.72. The molecule has 2 aliphatic rings. The first kappa shape index (κ1) is 33.2. The van der Waals surface area contributed by atoms with Crippen LogP contribution in [0.1, 0.15) is 98.7 Å². The maximum absolute atomic E-state index is 15.1. The third-order valence-electron chi connectivity index (χ3n) is 8.67. The zero-order valence-corrected chi connectivity index (χ0v) is 24.7. The first-order valence-corrected chi connectivity index (χ1v) is 15.2. The van der Waals surface area contributed by atoms with Gasteiger partial charge in [0.25, 0.3) is 0 Å². The van der Waals surface area contributed by atoms with Crippen LogP contribution in [0.25, 0.3) is 0 Å². The Kier molecular flexibility index (Phi) is 10.4. The molecule has 1 saturated carbocycles. The van der Waals surface area contributed by atoms with E-state index >= 15 is 13.2 Å². The largest absolute Gasteiger partial charge is 0.432 e. The van der Waals surface area contributed by atoms with Crippen molar-refractivity contribution in [3.05, 3.63) is 99.6 Å². The average molecular weight is 643 g/mol. The van der Waals surface area contributed by atoms with Crippen LogP contribution in [0.3, 0.4) is 0 Å². The van der Waals surface area contributed by atoms with Crippen molar-refractivity contribution in [1.82, 2.24) is 0 Å². The van der Waals surface area contributed by atoms with Gasteiger partial charge in [-0.1, -0.05) is 32.3 Å². The fourth-order valence-corrected chi connectivity index (χ4v) is 6.24. The van der Waals surface area contributed by atoms with E-state index < -0.39 is 58.6 Å². The van der Waals surface area contributed by atoms with Gasteiger partial charge in [-0.2, -0.15) is 8.78 Å². The molecule has 0 amide bonds. The highest BCUT2D eigenvalue weighted by molar-refractivity contribution is 5.35. The van der Waals surface area contributed by atoms with Crippen LogP contribution in [-0.2, 0) is 15.6 Å². The van der Waals surface area contributed by atoms with Crippen molar-refractivity contribution < 1.29 is 49.3 Å². The van der Waals surface area contributed by atoms with Crippen LogP contribution in [0.4, 0.5) is 35.1 Å². The number of hydrogen-bond acceptors (Lipinski definition) is 3. The molecule has 1 aliphatic carbocycles. The number of benzene rings is 3. The Morgan fingerprint density at radius 2 is 1.29 bits per heavy atom. The molecular weight excluding hydrogens is 608 g/mol. The number of rotatable bonds is 10. The Hall–Kier alpha value is -3.18. The lowest BCUT2D eigenvalue weighted by Crippen LogP contribution is -2.28. The lowest BCUT2D eigenvalue weighted by atomic mass is 9.76. The topological polar surface area (TPSA) is 27.7 Å². The fourth-order valence-electron chi connectivity index (χ4n) is 6.24. The smallest absolute Gasteiger partial charge is 0.429 e. The Balaban J connectivity index is 1.21. The molecule has 0 radical (unpaired) electrons. The first-order valence-electron chi connectivity index (χ1n) is 15.2. The van der Waals surface area contributed by atoms with Gasteiger partial charge in [-0.05, 0) is 85.4 Å². The summed E-state index contributed by atoms with van der Waals surface area (Å²) in [4.78, 5) is 0. The number of halogens is 8. The molecule has 244 valence electrons. The van der Waals surface area contributed by atoms with Gasteiger partial charge >= 0.3 is 6.11 Å². The minimum absolute atomic E-state index is 0.0867. The third kappa shape index (κ3) is 7.62. The molecule has 1 aliphatic heterocycles. The van der Waals surface area contributed by atoms with E-state index in [0.29, 0.717) is 56.6 Å². The molecule has 1 heterocycles. The Morgan fingerprint density at radius 1 is 0.711 bits per heavy atom. The molecule has 5 rings (SSSR count). The highest BCUT2D eigenvalue weighted by Crippen LogP contribution is 2.43. The molecular formula is C34H34F8O3. The summed E-state index contributed by atoms with van der Waals surface area (Å²) in [5.74, 6) is -9.15. The van der Waals surface area contributed by atoms with Crippen LogP contribution >= 0.6 is 0 Å². The zero-order valence-electron chi connectivity index (χ0n) is 24.7. The summed E-state index contributed by atoms with van der Waals surface area (Å²) in [5, 5.41) is 0. The van der Waals surface area contributed by atoms with Gasteiger partial charge in [-0.15, -0.1) is 0 Å². The molecule has 3 nitrogen and oxygen atoms in total. The minimum atomic E-state index is -4.48. The molecule has 11 heteroatoms. The second-order valence-electron chi connectivity index (χ2n) is 11.9. The Bertz CT molecular complexity index is 1430. The molecule has 2 fully saturated rings. The van der Waals surface area contributed by atoms with E-state index in [4.69, 9.17) is 9.47 Å². The number of alkyl halides is 2. The van der Waals surface area contributed by atoms with Crippen molar-refractivity contribution in [2.24, 2.45) is 5.92 Å². The second-order valence-corrected chi connectivity index (χ2v) is 11.9.